The van der Waals surface area contributed by atoms with Gasteiger partial charge in [0.2, 0.25) is 0 Å². The first kappa shape index (κ1) is 16.9. The molecule has 0 aliphatic heterocycles. The molecule has 0 aliphatic rings. The summed E-state index contributed by atoms with van der Waals surface area (Å²) < 4.78 is 0. The van der Waals surface area contributed by atoms with E-state index in [0.717, 1.165) is 32.1 Å². The lowest BCUT2D eigenvalue weighted by atomic mass is 10.1. The molecule has 0 atom stereocenters. The van der Waals surface area contributed by atoms with Gasteiger partial charge in [-0.15, -0.1) is 0 Å². The molecule has 0 radical (unpaired) electrons. The average molecular weight is 252 g/mol. The van der Waals surface area contributed by atoms with Gasteiger partial charge in [-0.1, -0.05) is 56.9 Å². The number of unbranched alkanes of at least 4 members (excludes halogenated alkanes) is 6. The zero-order valence-corrected chi connectivity index (χ0v) is 11.7. The van der Waals surface area contributed by atoms with Crippen LogP contribution in [0.4, 0.5) is 0 Å². The van der Waals surface area contributed by atoms with Crippen molar-refractivity contribution in [3.05, 3.63) is 24.3 Å². The van der Waals surface area contributed by atoms with Gasteiger partial charge in [0.25, 0.3) is 0 Å². The van der Waals surface area contributed by atoms with E-state index in [2.05, 4.69) is 31.2 Å². The Morgan fingerprint density at radius 2 is 1.50 bits per heavy atom. The third-order valence-corrected chi connectivity index (χ3v) is 2.82. The van der Waals surface area contributed by atoms with Crippen LogP contribution in [0.2, 0.25) is 0 Å². The summed E-state index contributed by atoms with van der Waals surface area (Å²) in [5.41, 5.74) is 0. The van der Waals surface area contributed by atoms with Gasteiger partial charge in [0.15, 0.2) is 0 Å². The smallest absolute Gasteiger partial charge is 0.303 e. The van der Waals surface area contributed by atoms with E-state index in [1.165, 1.54) is 25.7 Å². The van der Waals surface area contributed by atoms with Crippen LogP contribution >= 0.6 is 0 Å². The molecule has 0 bridgehead atoms. The number of carboxylic acids is 1. The van der Waals surface area contributed by atoms with Crippen LogP contribution in [0.15, 0.2) is 24.3 Å². The van der Waals surface area contributed by atoms with Crippen LogP contribution in [0, 0.1) is 0 Å². The Morgan fingerprint density at radius 3 is 2.17 bits per heavy atom. The number of hydrogen-bond acceptors (Lipinski definition) is 1. The number of hydrogen-bond donors (Lipinski definition) is 1. The topological polar surface area (TPSA) is 37.3 Å². The maximum atomic E-state index is 10.3. The maximum Gasteiger partial charge on any atom is 0.303 e. The first-order chi connectivity index (χ1) is 8.77. The van der Waals surface area contributed by atoms with Gasteiger partial charge in [0, 0.05) is 6.42 Å². The summed E-state index contributed by atoms with van der Waals surface area (Å²) in [6, 6.07) is 0. The lowest BCUT2D eigenvalue weighted by molar-refractivity contribution is -0.137. The second-order valence-corrected chi connectivity index (χ2v) is 4.67. The summed E-state index contributed by atoms with van der Waals surface area (Å²) in [5, 5.41) is 8.48. The summed E-state index contributed by atoms with van der Waals surface area (Å²) >= 11 is 0. The van der Waals surface area contributed by atoms with E-state index in [1.807, 2.05) is 0 Å². The highest BCUT2D eigenvalue weighted by Gasteiger charge is 1.95. The third kappa shape index (κ3) is 14.9. The number of carboxylic acid groups (broad SMARTS) is 1. The highest BCUT2D eigenvalue weighted by atomic mass is 16.4. The maximum absolute atomic E-state index is 10.3. The van der Waals surface area contributed by atoms with Crippen LogP contribution in [0.5, 0.6) is 0 Å². The Morgan fingerprint density at radius 1 is 0.889 bits per heavy atom. The normalized spacial score (nSPS) is 11.6. The van der Waals surface area contributed by atoms with E-state index >= 15 is 0 Å². The van der Waals surface area contributed by atoms with Crippen LogP contribution < -0.4 is 0 Å². The molecule has 0 aliphatic carbocycles. The van der Waals surface area contributed by atoms with Crippen molar-refractivity contribution in [2.24, 2.45) is 0 Å². The van der Waals surface area contributed by atoms with Crippen molar-refractivity contribution in [2.45, 2.75) is 71.1 Å². The molecular weight excluding hydrogens is 224 g/mol. The Labute approximate surface area is 112 Å². The van der Waals surface area contributed by atoms with Crippen LogP contribution in [0.3, 0.4) is 0 Å². The molecule has 0 aromatic heterocycles. The molecule has 0 unspecified atom stereocenters. The molecule has 104 valence electrons. The predicted octanol–water partition coefficient (Wildman–Crippen LogP) is 5.10. The van der Waals surface area contributed by atoms with Crippen molar-refractivity contribution < 1.29 is 9.90 Å². The van der Waals surface area contributed by atoms with Crippen molar-refractivity contribution >= 4 is 5.97 Å². The summed E-state index contributed by atoms with van der Waals surface area (Å²) in [5.74, 6) is -0.672. The molecule has 0 rings (SSSR count). The van der Waals surface area contributed by atoms with E-state index < -0.39 is 5.97 Å². The summed E-state index contributed by atoms with van der Waals surface area (Å²) in [6.07, 6.45) is 19.4. The second kappa shape index (κ2) is 14.0. The van der Waals surface area contributed by atoms with Gasteiger partial charge in [-0.05, 0) is 32.1 Å². The quantitative estimate of drug-likeness (QED) is 0.387. The molecule has 2 nitrogen and oxygen atoms in total. The van der Waals surface area contributed by atoms with E-state index in [4.69, 9.17) is 5.11 Å². The molecule has 0 amide bonds. The molecule has 0 saturated heterocycles. The average Bonchev–Trinajstić information content (AvgIpc) is 2.34. The van der Waals surface area contributed by atoms with Crippen LogP contribution in [-0.4, -0.2) is 11.1 Å². The lowest BCUT2D eigenvalue weighted by Crippen LogP contribution is -1.93. The Kier molecular flexibility index (Phi) is 13.2. The van der Waals surface area contributed by atoms with Crippen molar-refractivity contribution in [3.8, 4) is 0 Å². The number of carbonyl (C=O) groups is 1. The van der Waals surface area contributed by atoms with Gasteiger partial charge in [-0.25, -0.2) is 0 Å². The highest BCUT2D eigenvalue weighted by molar-refractivity contribution is 5.66. The second-order valence-electron chi connectivity index (χ2n) is 4.67. The minimum absolute atomic E-state index is 0.323. The molecule has 0 saturated carbocycles. The number of allylic oxidation sites excluding steroid dienone is 4. The summed E-state index contributed by atoms with van der Waals surface area (Å²) in [6.45, 7) is 2.19. The van der Waals surface area contributed by atoms with E-state index in [1.54, 1.807) is 0 Å². The number of aliphatic carboxylic acids is 1. The number of rotatable bonds is 12. The van der Waals surface area contributed by atoms with Gasteiger partial charge in [0.1, 0.15) is 0 Å². The molecule has 0 spiro atoms. The summed E-state index contributed by atoms with van der Waals surface area (Å²) in [4.78, 5) is 10.3. The first-order valence-corrected chi connectivity index (χ1v) is 7.29. The zero-order chi connectivity index (χ0) is 13.5. The molecule has 0 aromatic rings. The van der Waals surface area contributed by atoms with Gasteiger partial charge in [-0.3, -0.25) is 4.79 Å². The van der Waals surface area contributed by atoms with Gasteiger partial charge in [0.05, 0.1) is 0 Å². The lowest BCUT2D eigenvalue weighted by Gasteiger charge is -1.98. The Bertz CT molecular complexity index is 241. The fraction of sp³-hybridized carbons (Fsp3) is 0.688. The molecule has 0 fully saturated rings. The molecule has 1 N–H and O–H groups in total. The molecule has 18 heavy (non-hydrogen) atoms. The Hall–Kier alpha value is -1.05. The monoisotopic (exact) mass is 252 g/mol. The predicted molar refractivity (Wildman–Crippen MR) is 77.8 cm³/mol. The van der Waals surface area contributed by atoms with Gasteiger partial charge in [-0.2, -0.15) is 0 Å². The SMILES string of the molecule is CCCC=CC/C=C\CCCCCCCC(=O)O. The minimum Gasteiger partial charge on any atom is -0.481 e. The van der Waals surface area contributed by atoms with Crippen molar-refractivity contribution in [1.29, 1.82) is 0 Å². The van der Waals surface area contributed by atoms with Crippen molar-refractivity contribution in [2.75, 3.05) is 0 Å². The summed E-state index contributed by atoms with van der Waals surface area (Å²) in [7, 11) is 0. The molecule has 0 aromatic carbocycles. The van der Waals surface area contributed by atoms with E-state index in [0.29, 0.717) is 6.42 Å². The fourth-order valence-corrected chi connectivity index (χ4v) is 1.74. The molecule has 0 heterocycles. The Balaban J connectivity index is 3.15. The van der Waals surface area contributed by atoms with Crippen molar-refractivity contribution in [3.63, 3.8) is 0 Å². The van der Waals surface area contributed by atoms with E-state index in [9.17, 15) is 4.79 Å². The zero-order valence-electron chi connectivity index (χ0n) is 11.7. The van der Waals surface area contributed by atoms with Crippen LogP contribution in [0.25, 0.3) is 0 Å². The first-order valence-electron chi connectivity index (χ1n) is 7.29. The van der Waals surface area contributed by atoms with Crippen LogP contribution in [0.1, 0.15) is 71.1 Å². The largest absolute Gasteiger partial charge is 0.481 e. The van der Waals surface area contributed by atoms with Crippen molar-refractivity contribution in [1.82, 2.24) is 0 Å². The third-order valence-electron chi connectivity index (χ3n) is 2.82. The van der Waals surface area contributed by atoms with Gasteiger partial charge < -0.3 is 5.11 Å². The van der Waals surface area contributed by atoms with E-state index in [-0.39, 0.29) is 0 Å². The minimum atomic E-state index is -0.672. The molecule has 2 heteroatoms. The van der Waals surface area contributed by atoms with Crippen LogP contribution in [-0.2, 0) is 4.79 Å². The molecular formula is C16H28O2. The highest BCUT2D eigenvalue weighted by Crippen LogP contribution is 2.07. The fourth-order valence-electron chi connectivity index (χ4n) is 1.74. The van der Waals surface area contributed by atoms with Gasteiger partial charge >= 0.3 is 5.97 Å². The standard InChI is InChI=1S/C16H28O2/c1-2-3-4-5-6-7-8-9-10-11-12-13-14-15-16(17)18/h4-5,7-8H,2-3,6,9-15H2,1H3,(H,17,18)/b5-4?,8-7-.